The molecule has 41 heavy (non-hydrogen) atoms. The molecule has 0 aromatic carbocycles. The molecule has 5 atom stereocenters. The Hall–Kier alpha value is -2.98. The van der Waals surface area contributed by atoms with Crippen LogP contribution in [0.15, 0.2) is 0 Å². The number of primary amides is 1. The number of amides is 5. The van der Waals surface area contributed by atoms with E-state index in [-0.39, 0.29) is 35.4 Å². The Kier molecular flexibility index (Phi) is 10.2. The molecule has 0 aromatic rings. The highest BCUT2D eigenvalue weighted by atomic mass is 16.2. The van der Waals surface area contributed by atoms with E-state index >= 15 is 0 Å². The van der Waals surface area contributed by atoms with Crippen LogP contribution in [0.1, 0.15) is 87.0 Å². The number of nitrogens with zero attached hydrogens (tertiary/aromatic N) is 1. The van der Waals surface area contributed by atoms with E-state index in [1.165, 1.54) is 4.90 Å². The van der Waals surface area contributed by atoms with Gasteiger partial charge in [-0.25, -0.2) is 4.79 Å². The molecule has 11 heteroatoms. The lowest BCUT2D eigenvalue weighted by atomic mass is 9.84. The fourth-order valence-electron chi connectivity index (χ4n) is 5.76. The van der Waals surface area contributed by atoms with Crippen LogP contribution in [0.25, 0.3) is 0 Å². The van der Waals surface area contributed by atoms with E-state index in [4.69, 9.17) is 5.73 Å². The molecule has 1 heterocycles. The number of likely N-dealkylation sites (tertiary alicyclic amines) is 1. The number of carbonyl (C=O) groups is 6. The summed E-state index contributed by atoms with van der Waals surface area (Å²) < 4.78 is 0. The molecule has 0 radical (unpaired) electrons. The predicted octanol–water partition coefficient (Wildman–Crippen LogP) is 1.92. The second-order valence-electron chi connectivity index (χ2n) is 14.0. The zero-order valence-corrected chi connectivity index (χ0v) is 25.6. The molecule has 230 valence electrons. The summed E-state index contributed by atoms with van der Waals surface area (Å²) in [5, 5.41) is 8.34. The summed E-state index contributed by atoms with van der Waals surface area (Å²) in [6.07, 6.45) is 4.42. The van der Waals surface area contributed by atoms with Crippen molar-refractivity contribution in [1.82, 2.24) is 20.9 Å². The molecule has 2 unspecified atom stereocenters. The van der Waals surface area contributed by atoms with Crippen LogP contribution in [0.4, 0.5) is 4.79 Å². The molecule has 3 rings (SSSR count). The molecule has 2 aliphatic carbocycles. The number of nitrogens with two attached hydrogens (primary N) is 1. The number of hydrogen-bond donors (Lipinski definition) is 4. The van der Waals surface area contributed by atoms with Crippen molar-refractivity contribution in [2.45, 2.75) is 111 Å². The van der Waals surface area contributed by atoms with Gasteiger partial charge in [0.15, 0.2) is 5.78 Å². The third kappa shape index (κ3) is 8.29. The third-order valence-corrected chi connectivity index (χ3v) is 8.62. The van der Waals surface area contributed by atoms with Gasteiger partial charge in [-0.3, -0.25) is 24.0 Å². The first-order valence-electron chi connectivity index (χ1n) is 15.1. The molecule has 3 fully saturated rings. The van der Waals surface area contributed by atoms with Gasteiger partial charge in [0.2, 0.25) is 17.6 Å². The standard InChI is InChI=1S/C30H49N5O6/c1-15(2)19-12-13-35(22(19)27(39)32-20(14-17-8-9-17)24(37)26(31)38)28(40)25(30(5,6)7)34-29(41)33-21(16(3)4)23(36)18-10-11-18/h15-22,25H,8-14H2,1-7H3,(H2,31,38)(H,32,39)(H2,33,34,41)/t19?,20?,21-,22-,25+/m0/s1. The van der Waals surface area contributed by atoms with Crippen LogP contribution in [-0.4, -0.2) is 70.9 Å². The zero-order valence-electron chi connectivity index (χ0n) is 25.6. The SMILES string of the molecule is CC(C)C1CCN(C(=O)[C@@H](NC(=O)N[C@H](C(=O)C2CC2)C(C)C)C(C)(C)C)[C@@H]1C(=O)NC(CC1CC1)C(=O)C(N)=O. The maximum Gasteiger partial charge on any atom is 0.316 e. The van der Waals surface area contributed by atoms with E-state index in [0.717, 1.165) is 25.7 Å². The summed E-state index contributed by atoms with van der Waals surface area (Å²) >= 11 is 0. The number of rotatable bonds is 13. The Morgan fingerprint density at radius 1 is 0.878 bits per heavy atom. The molecular formula is C30H49N5O6. The normalized spacial score (nSPS) is 23.1. The maximum atomic E-state index is 14.1. The van der Waals surface area contributed by atoms with Crippen molar-refractivity contribution >= 4 is 35.3 Å². The average molecular weight is 576 g/mol. The minimum absolute atomic E-state index is 0.0103. The van der Waals surface area contributed by atoms with E-state index < -0.39 is 59.1 Å². The monoisotopic (exact) mass is 575 g/mol. The predicted molar refractivity (Wildman–Crippen MR) is 153 cm³/mol. The fraction of sp³-hybridized carbons (Fsp3) is 0.800. The van der Waals surface area contributed by atoms with Gasteiger partial charge in [-0.15, -0.1) is 0 Å². The molecule has 5 amide bonds. The summed E-state index contributed by atoms with van der Waals surface area (Å²) in [4.78, 5) is 79.4. The van der Waals surface area contributed by atoms with E-state index in [2.05, 4.69) is 16.0 Å². The molecule has 3 aliphatic rings. The summed E-state index contributed by atoms with van der Waals surface area (Å²) in [6, 6.07) is -4.15. The second-order valence-corrected chi connectivity index (χ2v) is 14.0. The van der Waals surface area contributed by atoms with Gasteiger partial charge in [0, 0.05) is 12.5 Å². The minimum Gasteiger partial charge on any atom is -0.363 e. The topological polar surface area (TPSA) is 168 Å². The number of hydrogen-bond acceptors (Lipinski definition) is 6. The number of ketones is 2. The van der Waals surface area contributed by atoms with Crippen molar-refractivity contribution in [3.63, 3.8) is 0 Å². The van der Waals surface area contributed by atoms with Gasteiger partial charge in [0.25, 0.3) is 5.91 Å². The highest BCUT2D eigenvalue weighted by molar-refractivity contribution is 6.37. The molecule has 2 saturated carbocycles. The second kappa shape index (κ2) is 12.9. The van der Waals surface area contributed by atoms with Gasteiger partial charge in [0.1, 0.15) is 12.1 Å². The minimum atomic E-state index is -1.10. The highest BCUT2D eigenvalue weighted by Gasteiger charge is 2.48. The Balaban J connectivity index is 1.81. The number of Topliss-reactive ketones (excluding diaryl/α,β-unsaturated/α-hetero) is 2. The first-order valence-corrected chi connectivity index (χ1v) is 15.1. The largest absolute Gasteiger partial charge is 0.363 e. The van der Waals surface area contributed by atoms with E-state index in [1.54, 1.807) is 0 Å². The van der Waals surface area contributed by atoms with Crippen LogP contribution in [-0.2, 0) is 24.0 Å². The van der Waals surface area contributed by atoms with Crippen LogP contribution in [0.2, 0.25) is 0 Å². The maximum absolute atomic E-state index is 14.1. The van der Waals surface area contributed by atoms with Crippen LogP contribution < -0.4 is 21.7 Å². The van der Waals surface area contributed by atoms with E-state index in [1.807, 2.05) is 48.5 Å². The summed E-state index contributed by atoms with van der Waals surface area (Å²) in [6.45, 7) is 13.5. The van der Waals surface area contributed by atoms with Crippen molar-refractivity contribution in [3.8, 4) is 0 Å². The van der Waals surface area contributed by atoms with Gasteiger partial charge in [-0.2, -0.15) is 0 Å². The molecule has 1 saturated heterocycles. The van der Waals surface area contributed by atoms with Gasteiger partial charge in [-0.05, 0) is 54.8 Å². The molecule has 0 aromatic heterocycles. The summed E-state index contributed by atoms with van der Waals surface area (Å²) in [7, 11) is 0. The Morgan fingerprint density at radius 3 is 1.95 bits per heavy atom. The van der Waals surface area contributed by atoms with Gasteiger partial charge in [0.05, 0.1) is 12.1 Å². The Bertz CT molecular complexity index is 1040. The quantitative estimate of drug-likeness (QED) is 0.245. The zero-order chi connectivity index (χ0) is 30.8. The van der Waals surface area contributed by atoms with Crippen molar-refractivity contribution in [1.29, 1.82) is 0 Å². The first kappa shape index (κ1) is 32.5. The average Bonchev–Trinajstić information content (AvgIpc) is 3.81. The van der Waals surface area contributed by atoms with Gasteiger partial charge < -0.3 is 26.6 Å². The summed E-state index contributed by atoms with van der Waals surface area (Å²) in [5.41, 5.74) is 4.55. The first-order chi connectivity index (χ1) is 19.0. The third-order valence-electron chi connectivity index (χ3n) is 8.62. The molecule has 0 spiro atoms. The molecule has 0 bridgehead atoms. The fourth-order valence-corrected chi connectivity index (χ4v) is 5.76. The van der Waals surface area contributed by atoms with E-state index in [0.29, 0.717) is 19.4 Å². The van der Waals surface area contributed by atoms with Crippen molar-refractivity contribution in [2.75, 3.05) is 6.54 Å². The lowest BCUT2D eigenvalue weighted by molar-refractivity contribution is -0.144. The number of carbonyl (C=O) groups excluding carboxylic acids is 6. The van der Waals surface area contributed by atoms with Crippen LogP contribution in [0.3, 0.4) is 0 Å². The smallest absolute Gasteiger partial charge is 0.316 e. The van der Waals surface area contributed by atoms with E-state index in [9.17, 15) is 28.8 Å². The Labute approximate surface area is 243 Å². The summed E-state index contributed by atoms with van der Waals surface area (Å²) in [5.74, 6) is -2.84. The van der Waals surface area contributed by atoms with Gasteiger partial charge >= 0.3 is 6.03 Å². The molecule has 11 nitrogen and oxygen atoms in total. The number of urea groups is 1. The molecular weight excluding hydrogens is 526 g/mol. The van der Waals surface area contributed by atoms with Gasteiger partial charge in [-0.1, -0.05) is 61.3 Å². The molecule has 5 N–H and O–H groups in total. The molecule has 1 aliphatic heterocycles. The van der Waals surface area contributed by atoms with Crippen LogP contribution >= 0.6 is 0 Å². The van der Waals surface area contributed by atoms with Crippen molar-refractivity contribution in [2.24, 2.45) is 40.7 Å². The lowest BCUT2D eigenvalue weighted by Gasteiger charge is -2.37. The lowest BCUT2D eigenvalue weighted by Crippen LogP contribution is -2.62. The van der Waals surface area contributed by atoms with Crippen molar-refractivity contribution in [3.05, 3.63) is 0 Å². The highest BCUT2D eigenvalue weighted by Crippen LogP contribution is 2.36. The Morgan fingerprint density at radius 2 is 1.49 bits per heavy atom. The van der Waals surface area contributed by atoms with Crippen LogP contribution in [0.5, 0.6) is 0 Å². The van der Waals surface area contributed by atoms with Crippen LogP contribution in [0, 0.1) is 35.0 Å². The van der Waals surface area contributed by atoms with Crippen molar-refractivity contribution < 1.29 is 28.8 Å². The number of nitrogens with one attached hydrogen (secondary N) is 3.